The van der Waals surface area contributed by atoms with Crippen LogP contribution in [-0.4, -0.2) is 14.9 Å². The van der Waals surface area contributed by atoms with Crippen molar-refractivity contribution >= 4 is 5.69 Å². The van der Waals surface area contributed by atoms with Crippen LogP contribution in [0.1, 0.15) is 36.6 Å². The van der Waals surface area contributed by atoms with Gasteiger partial charge in [-0.05, 0) is 57.2 Å². The van der Waals surface area contributed by atoms with Gasteiger partial charge in [-0.1, -0.05) is 23.5 Å². The number of nitrogen functional groups attached to an aromatic ring is 1. The Balaban J connectivity index is 2.10. The molecule has 0 aliphatic heterocycles. The fraction of sp³-hybridized carbons (Fsp3) is 0.190. The molecule has 0 spiro atoms. The Labute approximate surface area is 147 Å². The van der Waals surface area contributed by atoms with Crippen molar-refractivity contribution in [3.05, 3.63) is 65.4 Å². The molecule has 0 radical (unpaired) electrons. The maximum absolute atomic E-state index is 10.3. The number of benzene rings is 2. The molecule has 0 unspecified atom stereocenters. The molecule has 0 bridgehead atoms. The zero-order valence-corrected chi connectivity index (χ0v) is 14.6. The van der Waals surface area contributed by atoms with Crippen LogP contribution in [0.3, 0.4) is 0 Å². The van der Waals surface area contributed by atoms with E-state index in [1.807, 2.05) is 54.2 Å². The minimum absolute atomic E-state index is 0.204. The van der Waals surface area contributed by atoms with E-state index in [-0.39, 0.29) is 11.8 Å². The largest absolute Gasteiger partial charge is 0.507 e. The number of aromatic nitrogens is 2. The van der Waals surface area contributed by atoms with Gasteiger partial charge in [0.25, 0.3) is 0 Å². The number of phenols is 1. The van der Waals surface area contributed by atoms with Crippen molar-refractivity contribution in [2.45, 2.75) is 26.8 Å². The summed E-state index contributed by atoms with van der Waals surface area (Å²) in [5.74, 6) is 6.53. The first kappa shape index (κ1) is 16.7. The first-order valence-corrected chi connectivity index (χ1v) is 8.21. The van der Waals surface area contributed by atoms with Gasteiger partial charge in [-0.2, -0.15) is 5.10 Å². The highest BCUT2D eigenvalue weighted by atomic mass is 16.3. The first-order chi connectivity index (χ1) is 11.9. The Morgan fingerprint density at radius 2 is 1.80 bits per heavy atom. The maximum Gasteiger partial charge on any atom is 0.125 e. The van der Waals surface area contributed by atoms with Crippen molar-refractivity contribution in [2.24, 2.45) is 0 Å². The topological polar surface area (TPSA) is 64.1 Å². The van der Waals surface area contributed by atoms with Gasteiger partial charge in [0.05, 0.1) is 5.56 Å². The molecule has 0 aliphatic rings. The number of anilines is 1. The second-order valence-electron chi connectivity index (χ2n) is 6.36. The van der Waals surface area contributed by atoms with E-state index in [9.17, 15) is 5.11 Å². The van der Waals surface area contributed by atoms with E-state index >= 15 is 0 Å². The van der Waals surface area contributed by atoms with Gasteiger partial charge < -0.3 is 10.8 Å². The number of aryl methyl sites for hydroxylation is 1. The SMILES string of the molecule is Cc1ccc(O)c(-c2nn(C(C)C)cc2C#Cc2ccc(N)cc2)c1. The van der Waals surface area contributed by atoms with Crippen molar-refractivity contribution in [1.82, 2.24) is 9.78 Å². The van der Waals surface area contributed by atoms with Crippen LogP contribution in [0.4, 0.5) is 5.69 Å². The lowest BCUT2D eigenvalue weighted by atomic mass is 10.0. The van der Waals surface area contributed by atoms with Gasteiger partial charge in [-0.25, -0.2) is 0 Å². The van der Waals surface area contributed by atoms with E-state index in [4.69, 9.17) is 5.73 Å². The predicted octanol–water partition coefficient (Wildman–Crippen LogP) is 4.13. The molecule has 25 heavy (non-hydrogen) atoms. The summed E-state index contributed by atoms with van der Waals surface area (Å²) in [6.45, 7) is 6.11. The summed E-state index contributed by atoms with van der Waals surface area (Å²) >= 11 is 0. The number of hydrogen-bond donors (Lipinski definition) is 2. The van der Waals surface area contributed by atoms with Crippen molar-refractivity contribution in [1.29, 1.82) is 0 Å². The molecular formula is C21H21N3O. The highest BCUT2D eigenvalue weighted by Gasteiger charge is 2.15. The predicted molar refractivity (Wildman–Crippen MR) is 101 cm³/mol. The van der Waals surface area contributed by atoms with Crippen LogP contribution in [0.25, 0.3) is 11.3 Å². The standard InChI is InChI=1S/C21H21N3O/c1-14(2)24-13-17(8-5-16-6-9-18(22)10-7-16)21(23-24)19-12-15(3)4-11-20(19)25/h4,6-7,9-14,25H,22H2,1-3H3. The Morgan fingerprint density at radius 1 is 1.08 bits per heavy atom. The van der Waals surface area contributed by atoms with Crippen LogP contribution >= 0.6 is 0 Å². The van der Waals surface area contributed by atoms with Crippen LogP contribution in [0.2, 0.25) is 0 Å². The molecule has 1 aromatic heterocycles. The molecule has 0 fully saturated rings. The molecule has 0 amide bonds. The molecule has 0 saturated heterocycles. The van der Waals surface area contributed by atoms with E-state index in [1.54, 1.807) is 6.07 Å². The molecule has 3 rings (SSSR count). The third kappa shape index (κ3) is 3.67. The molecule has 4 nitrogen and oxygen atoms in total. The third-order valence-electron chi connectivity index (χ3n) is 3.92. The summed E-state index contributed by atoms with van der Waals surface area (Å²) in [6.07, 6.45) is 1.92. The monoisotopic (exact) mass is 331 g/mol. The molecule has 2 aromatic carbocycles. The lowest BCUT2D eigenvalue weighted by Gasteiger charge is -2.05. The average Bonchev–Trinajstić information content (AvgIpc) is 3.01. The zero-order chi connectivity index (χ0) is 18.0. The lowest BCUT2D eigenvalue weighted by molar-refractivity contribution is 0.476. The quantitative estimate of drug-likeness (QED) is 0.548. The fourth-order valence-corrected chi connectivity index (χ4v) is 2.49. The summed E-state index contributed by atoms with van der Waals surface area (Å²) in [6, 6.07) is 13.1. The van der Waals surface area contributed by atoms with Gasteiger partial charge in [0, 0.05) is 29.1 Å². The number of nitrogens with two attached hydrogens (primary N) is 1. The molecule has 4 heteroatoms. The minimum atomic E-state index is 0.204. The summed E-state index contributed by atoms with van der Waals surface area (Å²) in [5.41, 5.74) is 10.5. The van der Waals surface area contributed by atoms with Gasteiger partial charge >= 0.3 is 0 Å². The summed E-state index contributed by atoms with van der Waals surface area (Å²) in [5, 5.41) is 14.9. The Morgan fingerprint density at radius 3 is 2.48 bits per heavy atom. The van der Waals surface area contributed by atoms with Crippen LogP contribution in [-0.2, 0) is 0 Å². The highest BCUT2D eigenvalue weighted by Crippen LogP contribution is 2.31. The van der Waals surface area contributed by atoms with E-state index in [1.165, 1.54) is 0 Å². The van der Waals surface area contributed by atoms with Gasteiger partial charge in [-0.15, -0.1) is 0 Å². The molecule has 0 atom stereocenters. The van der Waals surface area contributed by atoms with Crippen LogP contribution in [0, 0.1) is 18.8 Å². The Bertz CT molecular complexity index is 957. The summed E-state index contributed by atoms with van der Waals surface area (Å²) < 4.78 is 1.87. The molecule has 0 saturated carbocycles. The van der Waals surface area contributed by atoms with Crippen molar-refractivity contribution in [3.8, 4) is 28.8 Å². The lowest BCUT2D eigenvalue weighted by Crippen LogP contribution is -2.00. The number of rotatable bonds is 2. The van der Waals surface area contributed by atoms with E-state index in [0.29, 0.717) is 16.9 Å². The highest BCUT2D eigenvalue weighted by molar-refractivity contribution is 5.73. The van der Waals surface area contributed by atoms with Gasteiger partial charge in [-0.3, -0.25) is 4.68 Å². The summed E-state index contributed by atoms with van der Waals surface area (Å²) in [7, 11) is 0. The number of hydrogen-bond acceptors (Lipinski definition) is 3. The van der Waals surface area contributed by atoms with E-state index in [2.05, 4.69) is 30.8 Å². The smallest absolute Gasteiger partial charge is 0.125 e. The second kappa shape index (κ2) is 6.74. The number of aromatic hydroxyl groups is 1. The van der Waals surface area contributed by atoms with Gasteiger partial charge in [0.15, 0.2) is 0 Å². The zero-order valence-electron chi connectivity index (χ0n) is 14.6. The van der Waals surface area contributed by atoms with Crippen LogP contribution in [0.5, 0.6) is 5.75 Å². The molecule has 1 heterocycles. The number of phenolic OH excluding ortho intramolecular Hbond substituents is 1. The van der Waals surface area contributed by atoms with Gasteiger partial charge in [0.1, 0.15) is 11.4 Å². The van der Waals surface area contributed by atoms with Crippen molar-refractivity contribution < 1.29 is 5.11 Å². The normalized spacial score (nSPS) is 10.6. The Kier molecular flexibility index (Phi) is 4.49. The van der Waals surface area contributed by atoms with Crippen molar-refractivity contribution in [2.75, 3.05) is 5.73 Å². The number of nitrogens with zero attached hydrogens (tertiary/aromatic N) is 2. The van der Waals surface area contributed by atoms with E-state index < -0.39 is 0 Å². The van der Waals surface area contributed by atoms with E-state index in [0.717, 1.165) is 16.7 Å². The van der Waals surface area contributed by atoms with Crippen LogP contribution in [0.15, 0.2) is 48.7 Å². The average molecular weight is 331 g/mol. The maximum atomic E-state index is 10.3. The molecule has 3 N–H and O–H groups in total. The van der Waals surface area contributed by atoms with Gasteiger partial charge in [0.2, 0.25) is 0 Å². The molecular weight excluding hydrogens is 310 g/mol. The fourth-order valence-electron chi connectivity index (χ4n) is 2.49. The first-order valence-electron chi connectivity index (χ1n) is 8.21. The van der Waals surface area contributed by atoms with Crippen molar-refractivity contribution in [3.63, 3.8) is 0 Å². The second-order valence-corrected chi connectivity index (χ2v) is 6.36. The van der Waals surface area contributed by atoms with Crippen LogP contribution < -0.4 is 5.73 Å². The third-order valence-corrected chi connectivity index (χ3v) is 3.92. The minimum Gasteiger partial charge on any atom is -0.507 e. The molecule has 0 aliphatic carbocycles. The summed E-state index contributed by atoms with van der Waals surface area (Å²) in [4.78, 5) is 0. The molecule has 126 valence electrons. The molecule has 3 aromatic rings. The Hall–Kier alpha value is -3.19.